The number of amides is 2. The third kappa shape index (κ3) is 3.44. The molecule has 0 aliphatic carbocycles. The summed E-state index contributed by atoms with van der Waals surface area (Å²) in [6.45, 7) is 10.9. The molecule has 2 amide bonds. The second-order valence-electron chi connectivity index (χ2n) is 6.61. The van der Waals surface area contributed by atoms with Gasteiger partial charge >= 0.3 is 12.0 Å². The van der Waals surface area contributed by atoms with Crippen molar-refractivity contribution < 1.29 is 14.7 Å². The van der Waals surface area contributed by atoms with Crippen LogP contribution in [0, 0.1) is 5.92 Å². The Balaban J connectivity index is 2.99. The maximum Gasteiger partial charge on any atom is 0.329 e. The van der Waals surface area contributed by atoms with Gasteiger partial charge in [0.2, 0.25) is 0 Å². The summed E-state index contributed by atoms with van der Waals surface area (Å²) < 4.78 is 0. The van der Waals surface area contributed by atoms with Gasteiger partial charge in [0, 0.05) is 19.1 Å². The highest BCUT2D eigenvalue weighted by molar-refractivity contribution is 5.86. The number of carboxylic acids is 1. The van der Waals surface area contributed by atoms with Gasteiger partial charge in [-0.05, 0) is 46.0 Å². The number of carbonyl (C=O) groups is 2. The predicted molar refractivity (Wildman–Crippen MR) is 78.7 cm³/mol. The van der Waals surface area contributed by atoms with E-state index in [1.165, 1.54) is 0 Å². The molecule has 0 spiro atoms. The number of urea groups is 1. The minimum Gasteiger partial charge on any atom is -0.480 e. The summed E-state index contributed by atoms with van der Waals surface area (Å²) in [7, 11) is 0. The first-order valence-corrected chi connectivity index (χ1v) is 7.51. The van der Waals surface area contributed by atoms with Gasteiger partial charge in [0.25, 0.3) is 0 Å². The molecule has 20 heavy (non-hydrogen) atoms. The summed E-state index contributed by atoms with van der Waals surface area (Å²) in [5.74, 6) is -0.541. The van der Waals surface area contributed by atoms with Crippen molar-refractivity contribution in [1.82, 2.24) is 9.80 Å². The number of aliphatic carboxylic acids is 1. The average molecular weight is 284 g/mol. The molecule has 116 valence electrons. The van der Waals surface area contributed by atoms with Gasteiger partial charge in [0.1, 0.15) is 5.54 Å². The maximum atomic E-state index is 12.8. The molecule has 0 radical (unpaired) electrons. The van der Waals surface area contributed by atoms with Gasteiger partial charge in [-0.2, -0.15) is 0 Å². The largest absolute Gasteiger partial charge is 0.480 e. The SMILES string of the molecule is CC(C)CN(C(=O)N1CCCCC1(C)C(=O)O)C(C)C. The van der Waals surface area contributed by atoms with Crippen LogP contribution in [0.5, 0.6) is 0 Å². The van der Waals surface area contributed by atoms with Gasteiger partial charge in [-0.1, -0.05) is 13.8 Å². The molecule has 0 saturated carbocycles. The molecule has 1 atom stereocenters. The van der Waals surface area contributed by atoms with Crippen molar-refractivity contribution in [3.63, 3.8) is 0 Å². The van der Waals surface area contributed by atoms with E-state index in [9.17, 15) is 14.7 Å². The number of nitrogens with zero attached hydrogens (tertiary/aromatic N) is 2. The number of hydrogen-bond donors (Lipinski definition) is 1. The molecule has 1 aliphatic heterocycles. The minimum atomic E-state index is -1.07. The number of hydrogen-bond acceptors (Lipinski definition) is 2. The highest BCUT2D eigenvalue weighted by atomic mass is 16.4. The molecule has 0 aromatic heterocycles. The Bertz CT molecular complexity index is 368. The Morgan fingerprint density at radius 3 is 2.30 bits per heavy atom. The number of carbonyl (C=O) groups excluding carboxylic acids is 1. The van der Waals surface area contributed by atoms with E-state index in [1.807, 2.05) is 13.8 Å². The predicted octanol–water partition coefficient (Wildman–Crippen LogP) is 2.80. The zero-order valence-electron chi connectivity index (χ0n) is 13.3. The van der Waals surface area contributed by atoms with Crippen LogP contribution in [0.2, 0.25) is 0 Å². The first-order chi connectivity index (χ1) is 9.20. The number of carboxylic acid groups (broad SMARTS) is 1. The highest BCUT2D eigenvalue weighted by Crippen LogP contribution is 2.29. The molecule has 5 heteroatoms. The molecule has 1 unspecified atom stereocenters. The van der Waals surface area contributed by atoms with Crippen molar-refractivity contribution in [2.45, 2.75) is 65.5 Å². The second kappa shape index (κ2) is 6.46. The Morgan fingerprint density at radius 1 is 1.25 bits per heavy atom. The molecule has 1 heterocycles. The van der Waals surface area contributed by atoms with E-state index in [1.54, 1.807) is 16.7 Å². The first-order valence-electron chi connectivity index (χ1n) is 7.51. The van der Waals surface area contributed by atoms with E-state index in [4.69, 9.17) is 0 Å². The Morgan fingerprint density at radius 2 is 1.85 bits per heavy atom. The van der Waals surface area contributed by atoms with E-state index in [0.717, 1.165) is 12.8 Å². The smallest absolute Gasteiger partial charge is 0.329 e. The molecule has 1 N–H and O–H groups in total. The zero-order chi connectivity index (χ0) is 15.5. The van der Waals surface area contributed by atoms with Crippen LogP contribution in [0.4, 0.5) is 4.79 Å². The lowest BCUT2D eigenvalue weighted by atomic mass is 9.88. The summed E-state index contributed by atoms with van der Waals surface area (Å²) in [5, 5.41) is 9.51. The van der Waals surface area contributed by atoms with Gasteiger partial charge in [-0.3, -0.25) is 0 Å². The monoisotopic (exact) mass is 284 g/mol. The standard InChI is InChI=1S/C15H28N2O3/c1-11(2)10-16(12(3)4)14(20)17-9-7-6-8-15(17,5)13(18)19/h11-12H,6-10H2,1-5H3,(H,18,19). The average Bonchev–Trinajstić information content (AvgIpc) is 2.35. The third-order valence-corrected chi connectivity index (χ3v) is 4.01. The van der Waals surface area contributed by atoms with Gasteiger partial charge in [-0.25, -0.2) is 9.59 Å². The van der Waals surface area contributed by atoms with Crippen molar-refractivity contribution in [2.75, 3.05) is 13.1 Å². The molecular weight excluding hydrogens is 256 g/mol. The molecule has 0 aromatic carbocycles. The fourth-order valence-corrected chi connectivity index (χ4v) is 2.71. The molecule has 1 rings (SSSR count). The van der Waals surface area contributed by atoms with Gasteiger partial charge in [-0.15, -0.1) is 0 Å². The summed E-state index contributed by atoms with van der Waals surface area (Å²) in [5.41, 5.74) is -1.07. The second-order valence-corrected chi connectivity index (χ2v) is 6.61. The summed E-state index contributed by atoms with van der Waals surface area (Å²) >= 11 is 0. The van der Waals surface area contributed by atoms with E-state index >= 15 is 0 Å². The van der Waals surface area contributed by atoms with Crippen LogP contribution in [0.1, 0.15) is 53.9 Å². The van der Waals surface area contributed by atoms with E-state index in [0.29, 0.717) is 25.4 Å². The molecule has 0 bridgehead atoms. The van der Waals surface area contributed by atoms with Crippen molar-refractivity contribution in [2.24, 2.45) is 5.92 Å². The van der Waals surface area contributed by atoms with Crippen molar-refractivity contribution in [3.05, 3.63) is 0 Å². The van der Waals surface area contributed by atoms with Crippen LogP contribution in [-0.2, 0) is 4.79 Å². The van der Waals surface area contributed by atoms with Gasteiger partial charge < -0.3 is 14.9 Å². The van der Waals surface area contributed by atoms with Crippen LogP contribution in [0.25, 0.3) is 0 Å². The fraction of sp³-hybridized carbons (Fsp3) is 0.867. The topological polar surface area (TPSA) is 60.9 Å². The quantitative estimate of drug-likeness (QED) is 0.863. The molecule has 1 aliphatic rings. The van der Waals surface area contributed by atoms with Crippen LogP contribution >= 0.6 is 0 Å². The first kappa shape index (κ1) is 16.8. The Kier molecular flexibility index (Phi) is 5.42. The number of likely N-dealkylation sites (tertiary alicyclic amines) is 1. The molecule has 1 saturated heterocycles. The van der Waals surface area contributed by atoms with Gasteiger partial charge in [0.15, 0.2) is 0 Å². The third-order valence-electron chi connectivity index (χ3n) is 4.01. The van der Waals surface area contributed by atoms with Crippen molar-refractivity contribution in [1.29, 1.82) is 0 Å². The lowest BCUT2D eigenvalue weighted by Gasteiger charge is -2.45. The number of rotatable bonds is 4. The van der Waals surface area contributed by atoms with Crippen LogP contribution in [-0.4, -0.2) is 51.6 Å². The van der Waals surface area contributed by atoms with Crippen LogP contribution < -0.4 is 0 Å². The molecule has 0 aromatic rings. The van der Waals surface area contributed by atoms with E-state index < -0.39 is 11.5 Å². The summed E-state index contributed by atoms with van der Waals surface area (Å²) in [4.78, 5) is 27.7. The lowest BCUT2D eigenvalue weighted by molar-refractivity contribution is -0.151. The normalized spacial score (nSPS) is 23.2. The van der Waals surface area contributed by atoms with E-state index in [2.05, 4.69) is 13.8 Å². The van der Waals surface area contributed by atoms with Gasteiger partial charge in [0.05, 0.1) is 0 Å². The summed E-state index contributed by atoms with van der Waals surface area (Å²) in [6, 6.07) is -0.0665. The lowest BCUT2D eigenvalue weighted by Crippen LogP contribution is -2.61. The molecule has 5 nitrogen and oxygen atoms in total. The Labute approximate surface area is 121 Å². The number of piperidine rings is 1. The van der Waals surface area contributed by atoms with Crippen LogP contribution in [0.15, 0.2) is 0 Å². The highest BCUT2D eigenvalue weighted by Gasteiger charge is 2.45. The van der Waals surface area contributed by atoms with Crippen LogP contribution in [0.3, 0.4) is 0 Å². The summed E-state index contributed by atoms with van der Waals surface area (Å²) in [6.07, 6.45) is 2.27. The van der Waals surface area contributed by atoms with E-state index in [-0.39, 0.29) is 12.1 Å². The fourth-order valence-electron chi connectivity index (χ4n) is 2.71. The van der Waals surface area contributed by atoms with Crippen molar-refractivity contribution >= 4 is 12.0 Å². The zero-order valence-corrected chi connectivity index (χ0v) is 13.3. The molecule has 1 fully saturated rings. The Hall–Kier alpha value is -1.26. The molecular formula is C15H28N2O3. The van der Waals surface area contributed by atoms with Crippen molar-refractivity contribution in [3.8, 4) is 0 Å². The maximum absolute atomic E-state index is 12.8. The minimum absolute atomic E-state index is 0.0740.